The number of amides is 1. The van der Waals surface area contributed by atoms with Crippen molar-refractivity contribution in [1.29, 1.82) is 0 Å². The number of carbonyl (C=O) groups excluding carboxylic acids is 1. The topological polar surface area (TPSA) is 45.2 Å². The van der Waals surface area contributed by atoms with Crippen LogP contribution < -0.4 is 10.2 Å². The van der Waals surface area contributed by atoms with Crippen molar-refractivity contribution in [3.63, 3.8) is 0 Å². The van der Waals surface area contributed by atoms with Crippen LogP contribution in [-0.4, -0.2) is 25.0 Å². The van der Waals surface area contributed by atoms with Crippen LogP contribution in [0.2, 0.25) is 5.02 Å². The monoisotopic (exact) mass is 353 g/mol. The van der Waals surface area contributed by atoms with Gasteiger partial charge in [-0.3, -0.25) is 4.79 Å². The van der Waals surface area contributed by atoms with Gasteiger partial charge in [0.05, 0.1) is 16.9 Å². The lowest BCUT2D eigenvalue weighted by atomic mass is 10.2. The van der Waals surface area contributed by atoms with Crippen molar-refractivity contribution in [2.24, 2.45) is 0 Å². The Balaban J connectivity index is 2.12. The van der Waals surface area contributed by atoms with Crippen molar-refractivity contribution < 1.29 is 4.79 Å². The van der Waals surface area contributed by atoms with E-state index in [1.54, 1.807) is 30.5 Å². The Hall–Kier alpha value is -1.59. The summed E-state index contributed by atoms with van der Waals surface area (Å²) in [7, 11) is 3.81. The Morgan fingerprint density at radius 3 is 2.60 bits per heavy atom. The van der Waals surface area contributed by atoms with E-state index in [2.05, 4.69) is 26.2 Å². The predicted molar refractivity (Wildman–Crippen MR) is 85.7 cm³/mol. The van der Waals surface area contributed by atoms with E-state index in [9.17, 15) is 4.79 Å². The van der Waals surface area contributed by atoms with Crippen LogP contribution in [0.3, 0.4) is 0 Å². The number of carbonyl (C=O) groups is 1. The minimum atomic E-state index is -0.223. The van der Waals surface area contributed by atoms with Crippen LogP contribution in [0.1, 0.15) is 10.4 Å². The summed E-state index contributed by atoms with van der Waals surface area (Å²) < 4.78 is 0.757. The lowest BCUT2D eigenvalue weighted by Gasteiger charge is -2.11. The molecule has 0 aliphatic heterocycles. The Labute approximate surface area is 130 Å². The molecule has 0 aliphatic rings. The maximum absolute atomic E-state index is 12.1. The molecule has 2 aromatic rings. The number of hydrogen-bond donors (Lipinski definition) is 1. The Bertz CT molecular complexity index is 629. The van der Waals surface area contributed by atoms with Crippen LogP contribution >= 0.6 is 27.5 Å². The molecule has 0 spiro atoms. The highest BCUT2D eigenvalue weighted by atomic mass is 79.9. The van der Waals surface area contributed by atoms with Crippen molar-refractivity contribution in [2.45, 2.75) is 0 Å². The van der Waals surface area contributed by atoms with E-state index in [0.717, 1.165) is 10.3 Å². The highest BCUT2D eigenvalue weighted by Crippen LogP contribution is 2.23. The number of benzene rings is 1. The third kappa shape index (κ3) is 3.49. The molecule has 1 aromatic carbocycles. The Morgan fingerprint density at radius 2 is 2.05 bits per heavy atom. The van der Waals surface area contributed by atoms with E-state index in [1.807, 2.05) is 25.1 Å². The van der Waals surface area contributed by atoms with Gasteiger partial charge in [-0.15, -0.1) is 0 Å². The number of pyridine rings is 1. The molecule has 0 fully saturated rings. The number of nitrogens with one attached hydrogen (secondary N) is 1. The van der Waals surface area contributed by atoms with Crippen LogP contribution in [0.15, 0.2) is 41.0 Å². The van der Waals surface area contributed by atoms with Crippen LogP contribution in [0.4, 0.5) is 11.5 Å². The summed E-state index contributed by atoms with van der Waals surface area (Å²) >= 11 is 9.26. The maximum Gasteiger partial charge on any atom is 0.255 e. The number of rotatable bonds is 3. The van der Waals surface area contributed by atoms with Crippen LogP contribution in [0, 0.1) is 0 Å². The molecule has 1 heterocycles. The zero-order valence-corrected chi connectivity index (χ0v) is 13.4. The smallest absolute Gasteiger partial charge is 0.255 e. The Kier molecular flexibility index (Phi) is 4.62. The van der Waals surface area contributed by atoms with Gasteiger partial charge in [0.2, 0.25) is 0 Å². The molecular weight excluding hydrogens is 342 g/mol. The second kappa shape index (κ2) is 6.24. The summed E-state index contributed by atoms with van der Waals surface area (Å²) in [6.45, 7) is 0. The van der Waals surface area contributed by atoms with E-state index >= 15 is 0 Å². The van der Waals surface area contributed by atoms with Gasteiger partial charge in [0.1, 0.15) is 5.82 Å². The molecule has 104 valence electrons. The minimum Gasteiger partial charge on any atom is -0.363 e. The molecule has 6 heteroatoms. The third-order valence-electron chi connectivity index (χ3n) is 2.65. The van der Waals surface area contributed by atoms with Crippen molar-refractivity contribution >= 4 is 44.9 Å². The molecule has 1 amide bonds. The van der Waals surface area contributed by atoms with Gasteiger partial charge in [0, 0.05) is 24.1 Å². The van der Waals surface area contributed by atoms with E-state index in [4.69, 9.17) is 11.6 Å². The molecule has 0 saturated heterocycles. The van der Waals surface area contributed by atoms with E-state index in [0.29, 0.717) is 16.3 Å². The predicted octanol–water partition coefficient (Wildman–Crippen LogP) is 3.82. The van der Waals surface area contributed by atoms with Crippen molar-refractivity contribution in [1.82, 2.24) is 4.98 Å². The summed E-state index contributed by atoms with van der Waals surface area (Å²) in [5.41, 5.74) is 1.13. The average Bonchev–Trinajstić information content (AvgIpc) is 2.42. The maximum atomic E-state index is 12.1. The first-order valence-electron chi connectivity index (χ1n) is 5.87. The zero-order chi connectivity index (χ0) is 14.7. The summed E-state index contributed by atoms with van der Waals surface area (Å²) in [4.78, 5) is 18.2. The molecule has 0 aliphatic carbocycles. The summed E-state index contributed by atoms with van der Waals surface area (Å²) in [6, 6.07) is 8.70. The molecule has 0 unspecified atom stereocenters. The van der Waals surface area contributed by atoms with Crippen LogP contribution in [0.25, 0.3) is 0 Å². The molecule has 20 heavy (non-hydrogen) atoms. The molecule has 0 saturated carbocycles. The highest BCUT2D eigenvalue weighted by Gasteiger charge is 2.08. The van der Waals surface area contributed by atoms with Gasteiger partial charge in [0.25, 0.3) is 5.91 Å². The molecule has 1 N–H and O–H groups in total. The second-order valence-corrected chi connectivity index (χ2v) is 5.64. The fourth-order valence-corrected chi connectivity index (χ4v) is 1.99. The number of anilines is 2. The average molecular weight is 355 g/mol. The molecule has 0 atom stereocenters. The molecule has 4 nitrogen and oxygen atoms in total. The van der Waals surface area contributed by atoms with Gasteiger partial charge in [-0.2, -0.15) is 0 Å². The molecule has 0 radical (unpaired) electrons. The van der Waals surface area contributed by atoms with Gasteiger partial charge >= 0.3 is 0 Å². The number of halogens is 2. The fourth-order valence-electron chi connectivity index (χ4n) is 1.57. The van der Waals surface area contributed by atoms with Crippen molar-refractivity contribution in [2.75, 3.05) is 24.3 Å². The quantitative estimate of drug-likeness (QED) is 0.911. The van der Waals surface area contributed by atoms with E-state index in [-0.39, 0.29) is 5.91 Å². The summed E-state index contributed by atoms with van der Waals surface area (Å²) in [5.74, 6) is 0.605. The first-order valence-corrected chi connectivity index (χ1v) is 7.04. The number of aromatic nitrogens is 1. The van der Waals surface area contributed by atoms with Crippen molar-refractivity contribution in [3.8, 4) is 0 Å². The first kappa shape index (κ1) is 14.8. The van der Waals surface area contributed by atoms with Gasteiger partial charge in [0.15, 0.2) is 0 Å². The number of hydrogen-bond acceptors (Lipinski definition) is 3. The van der Waals surface area contributed by atoms with Gasteiger partial charge in [-0.1, -0.05) is 11.6 Å². The normalized spacial score (nSPS) is 10.2. The van der Waals surface area contributed by atoms with Crippen LogP contribution in [0.5, 0.6) is 0 Å². The third-order valence-corrected chi connectivity index (χ3v) is 3.88. The molecule has 0 bridgehead atoms. The summed E-state index contributed by atoms with van der Waals surface area (Å²) in [5, 5.41) is 3.28. The Morgan fingerprint density at radius 1 is 1.30 bits per heavy atom. The standard InChI is InChI=1S/C14H13BrClN3O/c1-19(2)13-6-4-10(8-17-13)18-14(20)9-3-5-11(15)12(16)7-9/h3-8H,1-2H3,(H,18,20). The van der Waals surface area contributed by atoms with Gasteiger partial charge < -0.3 is 10.2 Å². The van der Waals surface area contributed by atoms with E-state index < -0.39 is 0 Å². The highest BCUT2D eigenvalue weighted by molar-refractivity contribution is 9.10. The van der Waals surface area contributed by atoms with Crippen LogP contribution in [-0.2, 0) is 0 Å². The number of nitrogens with zero attached hydrogens (tertiary/aromatic N) is 2. The van der Waals surface area contributed by atoms with Gasteiger partial charge in [-0.25, -0.2) is 4.98 Å². The second-order valence-electron chi connectivity index (χ2n) is 4.38. The van der Waals surface area contributed by atoms with Gasteiger partial charge in [-0.05, 0) is 46.3 Å². The van der Waals surface area contributed by atoms with E-state index in [1.165, 1.54) is 0 Å². The lowest BCUT2D eigenvalue weighted by molar-refractivity contribution is 0.102. The molecular formula is C14H13BrClN3O. The first-order chi connectivity index (χ1) is 9.47. The zero-order valence-electron chi connectivity index (χ0n) is 11.0. The molecule has 2 rings (SSSR count). The fraction of sp³-hybridized carbons (Fsp3) is 0.143. The minimum absolute atomic E-state index is 0.223. The molecule has 1 aromatic heterocycles. The lowest BCUT2D eigenvalue weighted by Crippen LogP contribution is -2.13. The summed E-state index contributed by atoms with van der Waals surface area (Å²) in [6.07, 6.45) is 1.62. The SMILES string of the molecule is CN(C)c1ccc(NC(=O)c2ccc(Br)c(Cl)c2)cn1. The van der Waals surface area contributed by atoms with Crippen molar-refractivity contribution in [3.05, 3.63) is 51.6 Å². The largest absolute Gasteiger partial charge is 0.363 e.